The van der Waals surface area contributed by atoms with E-state index < -0.39 is 10.0 Å². The third-order valence-corrected chi connectivity index (χ3v) is 4.34. The molecule has 2 N–H and O–H groups in total. The molecule has 0 atom stereocenters. The third kappa shape index (κ3) is 3.59. The average molecular weight is 328 g/mol. The minimum absolute atomic E-state index is 0.00129. The normalized spacial score (nSPS) is 11.1. The highest BCUT2D eigenvalue weighted by Gasteiger charge is 2.17. The smallest absolute Gasteiger partial charge is 0.262 e. The summed E-state index contributed by atoms with van der Waals surface area (Å²) in [6, 6.07) is 10.2. The largest absolute Gasteiger partial charge is 0.506 e. The van der Waals surface area contributed by atoms with Crippen molar-refractivity contribution in [3.63, 3.8) is 0 Å². The second-order valence-electron chi connectivity index (χ2n) is 4.15. The van der Waals surface area contributed by atoms with Crippen LogP contribution in [-0.2, 0) is 10.0 Å². The first-order valence-electron chi connectivity index (χ1n) is 6.17. The van der Waals surface area contributed by atoms with Crippen LogP contribution < -0.4 is 9.46 Å². The molecule has 0 aliphatic rings. The summed E-state index contributed by atoms with van der Waals surface area (Å²) in [5, 5.41) is 9.96. The van der Waals surface area contributed by atoms with Crippen molar-refractivity contribution >= 4 is 27.3 Å². The second-order valence-corrected chi connectivity index (χ2v) is 6.24. The fourth-order valence-corrected chi connectivity index (χ4v) is 2.94. The lowest BCUT2D eigenvalue weighted by Crippen LogP contribution is -2.13. The van der Waals surface area contributed by atoms with Gasteiger partial charge in [-0.05, 0) is 31.2 Å². The number of hydrogen-bond acceptors (Lipinski definition) is 4. The number of halogens is 1. The highest BCUT2D eigenvalue weighted by molar-refractivity contribution is 7.92. The number of aromatic hydroxyl groups is 1. The lowest BCUT2D eigenvalue weighted by Gasteiger charge is -2.11. The van der Waals surface area contributed by atoms with E-state index in [1.165, 1.54) is 30.3 Å². The predicted molar refractivity (Wildman–Crippen MR) is 81.5 cm³/mol. The molecule has 0 aliphatic heterocycles. The number of benzene rings is 2. The topological polar surface area (TPSA) is 75.6 Å². The Morgan fingerprint density at radius 1 is 1.24 bits per heavy atom. The molecule has 2 rings (SSSR count). The zero-order chi connectivity index (χ0) is 15.5. The van der Waals surface area contributed by atoms with E-state index in [1.807, 2.05) is 0 Å². The summed E-state index contributed by atoms with van der Waals surface area (Å²) >= 11 is 5.93. The van der Waals surface area contributed by atoms with Gasteiger partial charge in [0.1, 0.15) is 11.5 Å². The summed E-state index contributed by atoms with van der Waals surface area (Å²) in [6.07, 6.45) is 0. The van der Waals surface area contributed by atoms with E-state index in [0.717, 1.165) is 0 Å². The first-order chi connectivity index (χ1) is 9.94. The number of nitrogens with one attached hydrogen (secondary N) is 1. The van der Waals surface area contributed by atoms with Crippen molar-refractivity contribution in [2.24, 2.45) is 0 Å². The molecule has 21 heavy (non-hydrogen) atoms. The van der Waals surface area contributed by atoms with Crippen molar-refractivity contribution in [2.75, 3.05) is 11.3 Å². The van der Waals surface area contributed by atoms with Crippen LogP contribution >= 0.6 is 11.6 Å². The van der Waals surface area contributed by atoms with Crippen LogP contribution in [0.1, 0.15) is 6.92 Å². The SMILES string of the molecule is CCOc1cc(S(=O)(=O)Nc2ccccc2O)ccc1Cl. The Kier molecular flexibility index (Phi) is 4.59. The molecule has 7 heteroatoms. The summed E-state index contributed by atoms with van der Waals surface area (Å²) in [5.41, 5.74) is 0.102. The second kappa shape index (κ2) is 6.24. The molecular weight excluding hydrogens is 314 g/mol. The number of rotatable bonds is 5. The molecule has 5 nitrogen and oxygen atoms in total. The van der Waals surface area contributed by atoms with Crippen LogP contribution in [0.5, 0.6) is 11.5 Å². The maximum absolute atomic E-state index is 12.3. The van der Waals surface area contributed by atoms with Gasteiger partial charge in [0, 0.05) is 6.07 Å². The van der Waals surface area contributed by atoms with Crippen LogP contribution in [0, 0.1) is 0 Å². The number of phenolic OH excluding ortho intramolecular Hbond substituents is 1. The van der Waals surface area contributed by atoms with Gasteiger partial charge in [-0.1, -0.05) is 23.7 Å². The van der Waals surface area contributed by atoms with E-state index in [2.05, 4.69) is 4.72 Å². The van der Waals surface area contributed by atoms with Crippen molar-refractivity contribution in [2.45, 2.75) is 11.8 Å². The first-order valence-corrected chi connectivity index (χ1v) is 8.03. The number of phenols is 1. The number of ether oxygens (including phenoxy) is 1. The van der Waals surface area contributed by atoms with Gasteiger partial charge in [0.05, 0.1) is 22.2 Å². The van der Waals surface area contributed by atoms with Crippen LogP contribution in [0.2, 0.25) is 5.02 Å². The minimum atomic E-state index is -3.84. The van der Waals surface area contributed by atoms with Gasteiger partial charge in [-0.3, -0.25) is 4.72 Å². The average Bonchev–Trinajstić information content (AvgIpc) is 2.44. The Bertz CT molecular complexity index is 746. The van der Waals surface area contributed by atoms with E-state index in [9.17, 15) is 13.5 Å². The quantitative estimate of drug-likeness (QED) is 0.827. The number of anilines is 1. The molecule has 112 valence electrons. The molecule has 0 spiro atoms. The summed E-state index contributed by atoms with van der Waals surface area (Å²) in [5.74, 6) is 0.138. The Morgan fingerprint density at radius 2 is 1.95 bits per heavy atom. The van der Waals surface area contributed by atoms with E-state index in [0.29, 0.717) is 17.4 Å². The highest BCUT2D eigenvalue weighted by Crippen LogP contribution is 2.30. The van der Waals surface area contributed by atoms with E-state index in [4.69, 9.17) is 16.3 Å². The summed E-state index contributed by atoms with van der Waals surface area (Å²) in [7, 11) is -3.84. The Labute approximate surface area is 128 Å². The third-order valence-electron chi connectivity index (χ3n) is 2.66. The monoisotopic (exact) mass is 327 g/mol. The van der Waals surface area contributed by atoms with E-state index >= 15 is 0 Å². The lowest BCUT2D eigenvalue weighted by atomic mass is 10.3. The lowest BCUT2D eigenvalue weighted by molar-refractivity contribution is 0.339. The Balaban J connectivity index is 2.36. The molecule has 2 aromatic carbocycles. The van der Waals surface area contributed by atoms with E-state index in [-0.39, 0.29) is 16.3 Å². The van der Waals surface area contributed by atoms with Gasteiger partial charge in [0.25, 0.3) is 10.0 Å². The molecule has 0 radical (unpaired) electrons. The number of sulfonamides is 1. The van der Waals surface area contributed by atoms with Crippen LogP contribution in [0.4, 0.5) is 5.69 Å². The predicted octanol–water partition coefficient (Wildman–Crippen LogP) is 3.25. The molecule has 0 bridgehead atoms. The molecule has 0 unspecified atom stereocenters. The highest BCUT2D eigenvalue weighted by atomic mass is 35.5. The van der Waals surface area contributed by atoms with Gasteiger partial charge in [0.15, 0.2) is 0 Å². The molecule has 0 saturated carbocycles. The molecule has 2 aromatic rings. The number of hydrogen-bond donors (Lipinski definition) is 2. The van der Waals surface area contributed by atoms with Crippen LogP contribution in [0.25, 0.3) is 0 Å². The maximum atomic E-state index is 12.3. The molecule has 0 saturated heterocycles. The van der Waals surface area contributed by atoms with Crippen LogP contribution in [0.15, 0.2) is 47.4 Å². The molecule has 0 aliphatic carbocycles. The molecular formula is C14H14ClNO4S. The fraction of sp³-hybridized carbons (Fsp3) is 0.143. The van der Waals surface area contributed by atoms with Crippen LogP contribution in [-0.4, -0.2) is 20.1 Å². The summed E-state index contributed by atoms with van der Waals surface area (Å²) in [4.78, 5) is -0.00129. The summed E-state index contributed by atoms with van der Waals surface area (Å²) < 4.78 is 32.2. The van der Waals surface area contributed by atoms with Crippen LogP contribution in [0.3, 0.4) is 0 Å². The van der Waals surface area contributed by atoms with Gasteiger partial charge < -0.3 is 9.84 Å². The maximum Gasteiger partial charge on any atom is 0.262 e. The van der Waals surface area contributed by atoms with Crippen molar-refractivity contribution in [3.05, 3.63) is 47.5 Å². The van der Waals surface area contributed by atoms with Gasteiger partial charge in [-0.15, -0.1) is 0 Å². The zero-order valence-corrected chi connectivity index (χ0v) is 12.8. The van der Waals surface area contributed by atoms with Crippen molar-refractivity contribution in [1.29, 1.82) is 0 Å². The van der Waals surface area contributed by atoms with Gasteiger partial charge in [-0.2, -0.15) is 0 Å². The van der Waals surface area contributed by atoms with Gasteiger partial charge in [-0.25, -0.2) is 8.42 Å². The minimum Gasteiger partial charge on any atom is -0.506 e. The molecule has 0 fully saturated rings. The fourth-order valence-electron chi connectivity index (χ4n) is 1.68. The Morgan fingerprint density at radius 3 is 2.62 bits per heavy atom. The van der Waals surface area contributed by atoms with Crippen molar-refractivity contribution < 1.29 is 18.3 Å². The zero-order valence-electron chi connectivity index (χ0n) is 11.2. The summed E-state index contributed by atoms with van der Waals surface area (Å²) in [6.45, 7) is 2.15. The molecule has 0 aromatic heterocycles. The standard InChI is InChI=1S/C14H14ClNO4S/c1-2-20-14-9-10(7-8-11(14)15)21(18,19)16-12-5-3-4-6-13(12)17/h3-9,16-17H,2H2,1H3. The number of para-hydroxylation sites is 2. The van der Waals surface area contributed by atoms with Gasteiger partial charge >= 0.3 is 0 Å². The van der Waals surface area contributed by atoms with E-state index in [1.54, 1.807) is 19.1 Å². The van der Waals surface area contributed by atoms with Crippen molar-refractivity contribution in [3.8, 4) is 11.5 Å². The molecule has 0 amide bonds. The molecule has 0 heterocycles. The Hall–Kier alpha value is -1.92. The first kappa shape index (κ1) is 15.5. The van der Waals surface area contributed by atoms with Crippen molar-refractivity contribution in [1.82, 2.24) is 0 Å². The van der Waals surface area contributed by atoms with Gasteiger partial charge in [0.2, 0.25) is 0 Å².